The first-order valence-electron chi connectivity index (χ1n) is 6.89. The fraction of sp³-hybridized carbons (Fsp3) is 0.294. The van der Waals surface area contributed by atoms with Crippen molar-refractivity contribution in [2.24, 2.45) is 0 Å². The van der Waals surface area contributed by atoms with Gasteiger partial charge in [0.25, 0.3) is 0 Å². The highest BCUT2D eigenvalue weighted by atomic mass is 79.9. The van der Waals surface area contributed by atoms with E-state index in [0.717, 1.165) is 16.5 Å². The van der Waals surface area contributed by atoms with Gasteiger partial charge in [-0.15, -0.1) is 0 Å². The molecule has 0 radical (unpaired) electrons. The lowest BCUT2D eigenvalue weighted by Gasteiger charge is -2.34. The minimum Gasteiger partial charge on any atom is -0.389 e. The van der Waals surface area contributed by atoms with Gasteiger partial charge in [0.2, 0.25) is 0 Å². The summed E-state index contributed by atoms with van der Waals surface area (Å²) in [5.41, 5.74) is 2.40. The molecule has 0 fully saturated rings. The van der Waals surface area contributed by atoms with E-state index in [9.17, 15) is 9.50 Å². The maximum Gasteiger partial charge on any atom is 0.142 e. The van der Waals surface area contributed by atoms with E-state index in [-0.39, 0.29) is 5.02 Å². The number of hydrogen-bond donors (Lipinski definition) is 1. The number of fused-ring (bicyclic) bond motifs is 1. The Balaban J connectivity index is 1.82. The third-order valence-corrected chi connectivity index (χ3v) is 4.86. The van der Waals surface area contributed by atoms with Gasteiger partial charge in [0.1, 0.15) is 5.82 Å². The summed E-state index contributed by atoms with van der Waals surface area (Å²) in [4.78, 5) is 0. The molecule has 2 aromatic carbocycles. The van der Waals surface area contributed by atoms with Crippen LogP contribution in [-0.4, -0.2) is 10.7 Å². The number of rotatable bonds is 2. The fourth-order valence-electron chi connectivity index (χ4n) is 2.99. The van der Waals surface area contributed by atoms with Gasteiger partial charge in [-0.05, 0) is 53.8 Å². The summed E-state index contributed by atoms with van der Waals surface area (Å²) in [6.07, 6.45) is 2.55. The Hall–Kier alpha value is -0.900. The van der Waals surface area contributed by atoms with Crippen molar-refractivity contribution in [1.29, 1.82) is 0 Å². The molecule has 110 valence electrons. The summed E-state index contributed by atoms with van der Waals surface area (Å²) in [5.74, 6) is -0.432. The van der Waals surface area contributed by atoms with Gasteiger partial charge in [-0.1, -0.05) is 39.7 Å². The molecule has 3 rings (SSSR count). The van der Waals surface area contributed by atoms with E-state index < -0.39 is 11.4 Å². The van der Waals surface area contributed by atoms with Crippen LogP contribution in [0.1, 0.15) is 23.1 Å². The summed E-state index contributed by atoms with van der Waals surface area (Å²) in [6, 6.07) is 10.9. The second-order valence-corrected chi connectivity index (χ2v) is 7.06. The van der Waals surface area contributed by atoms with Crippen molar-refractivity contribution in [1.82, 2.24) is 0 Å². The quantitative estimate of drug-likeness (QED) is 0.813. The van der Waals surface area contributed by atoms with Gasteiger partial charge in [0.05, 0.1) is 10.6 Å². The topological polar surface area (TPSA) is 20.2 Å². The molecule has 0 saturated heterocycles. The number of benzene rings is 2. The molecule has 2 aromatic rings. The van der Waals surface area contributed by atoms with Crippen LogP contribution in [0.15, 0.2) is 40.9 Å². The van der Waals surface area contributed by atoms with E-state index in [2.05, 4.69) is 22.0 Å². The van der Waals surface area contributed by atoms with Crippen molar-refractivity contribution in [2.45, 2.75) is 31.3 Å². The summed E-state index contributed by atoms with van der Waals surface area (Å²) in [6.45, 7) is 0. The summed E-state index contributed by atoms with van der Waals surface area (Å²) in [7, 11) is 0. The van der Waals surface area contributed by atoms with Crippen LogP contribution in [0.4, 0.5) is 4.39 Å². The highest BCUT2D eigenvalue weighted by Gasteiger charge is 2.32. The van der Waals surface area contributed by atoms with E-state index >= 15 is 0 Å². The fourth-order valence-corrected chi connectivity index (χ4v) is 3.52. The van der Waals surface area contributed by atoms with Gasteiger partial charge >= 0.3 is 0 Å². The average Bonchev–Trinajstić information content (AvgIpc) is 2.43. The molecular weight excluding hydrogens is 355 g/mol. The molecule has 1 unspecified atom stereocenters. The molecule has 1 aliphatic rings. The van der Waals surface area contributed by atoms with Crippen LogP contribution < -0.4 is 0 Å². The highest BCUT2D eigenvalue weighted by Crippen LogP contribution is 2.33. The third-order valence-electron chi connectivity index (χ3n) is 4.06. The molecule has 0 aromatic heterocycles. The predicted octanol–water partition coefficient (Wildman–Crippen LogP) is 4.70. The molecule has 0 heterocycles. The first-order chi connectivity index (χ1) is 9.95. The van der Waals surface area contributed by atoms with Crippen LogP contribution >= 0.6 is 27.5 Å². The van der Waals surface area contributed by atoms with Gasteiger partial charge in [-0.25, -0.2) is 4.39 Å². The number of aryl methyl sites for hydroxylation is 1. The van der Waals surface area contributed by atoms with Gasteiger partial charge in [-0.3, -0.25) is 0 Å². The van der Waals surface area contributed by atoms with Crippen LogP contribution in [0, 0.1) is 5.82 Å². The Labute approximate surface area is 136 Å². The lowest BCUT2D eigenvalue weighted by Crippen LogP contribution is -2.38. The van der Waals surface area contributed by atoms with E-state index in [1.807, 2.05) is 12.1 Å². The van der Waals surface area contributed by atoms with Gasteiger partial charge in [0, 0.05) is 17.3 Å². The Bertz CT molecular complexity index is 688. The number of aliphatic hydroxyl groups is 1. The first kappa shape index (κ1) is 15.0. The number of halogens is 3. The van der Waals surface area contributed by atoms with Gasteiger partial charge in [-0.2, -0.15) is 0 Å². The molecule has 0 saturated carbocycles. The Morgan fingerprint density at radius 3 is 2.76 bits per heavy atom. The Morgan fingerprint density at radius 1 is 1.19 bits per heavy atom. The molecule has 0 amide bonds. The largest absolute Gasteiger partial charge is 0.389 e. The SMILES string of the molecule is OC1(Cc2ccc(Cl)c(F)c2)CCc2cc(Br)ccc2C1. The smallest absolute Gasteiger partial charge is 0.142 e. The lowest BCUT2D eigenvalue weighted by atomic mass is 9.77. The minimum atomic E-state index is -0.818. The van der Waals surface area contributed by atoms with Crippen LogP contribution in [0.3, 0.4) is 0 Å². The van der Waals surface area contributed by atoms with Gasteiger partial charge in [0.15, 0.2) is 0 Å². The average molecular weight is 370 g/mol. The molecule has 1 N–H and O–H groups in total. The van der Waals surface area contributed by atoms with Crippen LogP contribution in [0.25, 0.3) is 0 Å². The minimum absolute atomic E-state index is 0.115. The highest BCUT2D eigenvalue weighted by molar-refractivity contribution is 9.10. The van der Waals surface area contributed by atoms with E-state index in [1.54, 1.807) is 12.1 Å². The zero-order valence-electron chi connectivity index (χ0n) is 11.4. The zero-order valence-corrected chi connectivity index (χ0v) is 13.7. The Kier molecular flexibility index (Phi) is 4.08. The van der Waals surface area contributed by atoms with E-state index in [0.29, 0.717) is 19.3 Å². The molecule has 21 heavy (non-hydrogen) atoms. The second kappa shape index (κ2) is 5.71. The van der Waals surface area contributed by atoms with Crippen molar-refractivity contribution in [3.8, 4) is 0 Å². The normalized spacial score (nSPS) is 21.1. The summed E-state index contributed by atoms with van der Waals surface area (Å²) < 4.78 is 14.6. The van der Waals surface area contributed by atoms with E-state index in [4.69, 9.17) is 11.6 Å². The molecular formula is C17H15BrClFO. The molecule has 1 aliphatic carbocycles. The maximum absolute atomic E-state index is 13.5. The summed E-state index contributed by atoms with van der Waals surface area (Å²) in [5, 5.41) is 10.9. The molecule has 0 spiro atoms. The standard InChI is InChI=1S/C17H15BrClFO/c18-14-3-2-13-10-17(21,6-5-12(13)8-14)9-11-1-4-15(19)16(20)7-11/h1-4,7-8,21H,5-6,9-10H2. The molecule has 1 nitrogen and oxygen atoms in total. The lowest BCUT2D eigenvalue weighted by molar-refractivity contribution is 0.0267. The first-order valence-corrected chi connectivity index (χ1v) is 8.06. The summed E-state index contributed by atoms with van der Waals surface area (Å²) >= 11 is 9.17. The number of hydrogen-bond acceptors (Lipinski definition) is 1. The van der Waals surface area contributed by atoms with Crippen molar-refractivity contribution < 1.29 is 9.50 Å². The van der Waals surface area contributed by atoms with Crippen molar-refractivity contribution in [3.05, 3.63) is 68.4 Å². The second-order valence-electron chi connectivity index (χ2n) is 5.74. The molecule has 0 aliphatic heterocycles. The Morgan fingerprint density at radius 2 is 2.00 bits per heavy atom. The van der Waals surface area contributed by atoms with Crippen molar-refractivity contribution in [3.63, 3.8) is 0 Å². The van der Waals surface area contributed by atoms with Gasteiger partial charge < -0.3 is 5.11 Å². The molecule has 4 heteroatoms. The van der Waals surface area contributed by atoms with Crippen LogP contribution in [0.2, 0.25) is 5.02 Å². The molecule has 0 bridgehead atoms. The van der Waals surface area contributed by atoms with E-state index in [1.165, 1.54) is 17.2 Å². The van der Waals surface area contributed by atoms with Crippen molar-refractivity contribution in [2.75, 3.05) is 0 Å². The zero-order chi connectivity index (χ0) is 15.0. The van der Waals surface area contributed by atoms with Crippen LogP contribution in [-0.2, 0) is 19.3 Å². The maximum atomic E-state index is 13.5. The van der Waals surface area contributed by atoms with Crippen LogP contribution in [0.5, 0.6) is 0 Å². The monoisotopic (exact) mass is 368 g/mol. The predicted molar refractivity (Wildman–Crippen MR) is 86.2 cm³/mol. The van der Waals surface area contributed by atoms with Crippen molar-refractivity contribution >= 4 is 27.5 Å². The molecule has 1 atom stereocenters. The third kappa shape index (κ3) is 3.31.